The second-order valence-electron chi connectivity index (χ2n) is 5.75. The zero-order valence-electron chi connectivity index (χ0n) is 12.6. The van der Waals surface area contributed by atoms with Gasteiger partial charge in [0.25, 0.3) is 0 Å². The minimum Gasteiger partial charge on any atom is -0.466 e. The fourth-order valence-corrected chi connectivity index (χ4v) is 2.59. The van der Waals surface area contributed by atoms with Crippen LogP contribution in [0.2, 0.25) is 0 Å². The van der Waals surface area contributed by atoms with Gasteiger partial charge in [-0.25, -0.2) is 0 Å². The van der Waals surface area contributed by atoms with Crippen molar-refractivity contribution in [3.63, 3.8) is 0 Å². The van der Waals surface area contributed by atoms with E-state index < -0.39 is 0 Å². The summed E-state index contributed by atoms with van der Waals surface area (Å²) in [6.45, 7) is 5.62. The summed E-state index contributed by atoms with van der Waals surface area (Å²) in [5, 5.41) is 11.7. The van der Waals surface area contributed by atoms with Crippen LogP contribution in [-0.2, 0) is 20.8 Å². The van der Waals surface area contributed by atoms with Crippen LogP contribution in [0.1, 0.15) is 25.8 Å². The molecule has 0 bridgehead atoms. The van der Waals surface area contributed by atoms with Gasteiger partial charge in [-0.2, -0.15) is 5.06 Å². The molecule has 21 heavy (non-hydrogen) atoms. The number of carbonyl (C=O) groups is 1. The summed E-state index contributed by atoms with van der Waals surface area (Å²) < 4.78 is 10.3. The minimum absolute atomic E-state index is 0.164. The van der Waals surface area contributed by atoms with Crippen molar-refractivity contribution in [1.29, 1.82) is 0 Å². The van der Waals surface area contributed by atoms with E-state index >= 15 is 0 Å². The first-order valence-electron chi connectivity index (χ1n) is 7.28. The van der Waals surface area contributed by atoms with Gasteiger partial charge < -0.3 is 14.7 Å². The number of nitrogens with zero attached hydrogens (tertiary/aromatic N) is 1. The average molecular weight is 293 g/mol. The highest BCUT2D eigenvalue weighted by atomic mass is 16.5. The van der Waals surface area contributed by atoms with Crippen LogP contribution in [0.3, 0.4) is 0 Å². The molecule has 1 atom stereocenters. The van der Waals surface area contributed by atoms with Crippen LogP contribution in [0.4, 0.5) is 0 Å². The molecule has 0 amide bonds. The molecule has 1 unspecified atom stereocenters. The van der Waals surface area contributed by atoms with Crippen molar-refractivity contribution in [3.8, 4) is 0 Å². The standard InChI is InChI=1S/C16H23NO4/c1-3-21-15(18)9-14(16(2)11-20-12-16)17(19)10-13-7-5-4-6-8-13/h4-8,14,19H,3,9-12H2,1-2H3. The molecule has 0 aromatic heterocycles. The molecule has 1 N–H and O–H groups in total. The summed E-state index contributed by atoms with van der Waals surface area (Å²) in [5.41, 5.74) is 0.772. The maximum absolute atomic E-state index is 11.8. The van der Waals surface area contributed by atoms with E-state index in [1.54, 1.807) is 6.92 Å². The lowest BCUT2D eigenvalue weighted by atomic mass is 9.78. The van der Waals surface area contributed by atoms with Gasteiger partial charge >= 0.3 is 5.97 Å². The van der Waals surface area contributed by atoms with Crippen molar-refractivity contribution in [3.05, 3.63) is 35.9 Å². The summed E-state index contributed by atoms with van der Waals surface area (Å²) in [6, 6.07) is 9.37. The van der Waals surface area contributed by atoms with E-state index in [0.29, 0.717) is 26.4 Å². The largest absolute Gasteiger partial charge is 0.466 e. The molecular weight excluding hydrogens is 270 g/mol. The Labute approximate surface area is 125 Å². The Morgan fingerprint density at radius 2 is 2.10 bits per heavy atom. The first kappa shape index (κ1) is 15.9. The number of hydrogen-bond acceptors (Lipinski definition) is 5. The molecule has 0 spiro atoms. The smallest absolute Gasteiger partial charge is 0.307 e. The lowest BCUT2D eigenvalue weighted by Crippen LogP contribution is -2.56. The van der Waals surface area contributed by atoms with Gasteiger partial charge in [0.15, 0.2) is 0 Å². The molecule has 0 saturated carbocycles. The molecule has 5 nitrogen and oxygen atoms in total. The first-order chi connectivity index (χ1) is 10.0. The Morgan fingerprint density at radius 1 is 1.43 bits per heavy atom. The lowest BCUT2D eigenvalue weighted by molar-refractivity contribution is -0.227. The topological polar surface area (TPSA) is 59.0 Å². The highest BCUT2D eigenvalue weighted by molar-refractivity contribution is 5.70. The van der Waals surface area contributed by atoms with Crippen LogP contribution in [0.15, 0.2) is 30.3 Å². The molecule has 1 aromatic carbocycles. The summed E-state index contributed by atoms with van der Waals surface area (Å²) in [4.78, 5) is 11.8. The molecule has 0 aliphatic carbocycles. The van der Waals surface area contributed by atoms with E-state index in [2.05, 4.69) is 0 Å². The number of rotatable bonds is 7. The van der Waals surface area contributed by atoms with Gasteiger partial charge in [-0.3, -0.25) is 4.79 Å². The monoisotopic (exact) mass is 293 g/mol. The van der Waals surface area contributed by atoms with Crippen molar-refractivity contribution >= 4 is 5.97 Å². The molecule has 0 radical (unpaired) electrons. The van der Waals surface area contributed by atoms with E-state index in [1.165, 1.54) is 5.06 Å². The van der Waals surface area contributed by atoms with Gasteiger partial charge in [-0.1, -0.05) is 37.3 Å². The van der Waals surface area contributed by atoms with Crippen LogP contribution in [0.5, 0.6) is 0 Å². The van der Waals surface area contributed by atoms with E-state index in [-0.39, 0.29) is 23.8 Å². The molecule has 1 aromatic rings. The van der Waals surface area contributed by atoms with Gasteiger partial charge in [0.2, 0.25) is 0 Å². The number of carbonyl (C=O) groups excluding carboxylic acids is 1. The van der Waals surface area contributed by atoms with Crippen LogP contribution in [-0.4, -0.2) is 42.1 Å². The van der Waals surface area contributed by atoms with Crippen LogP contribution < -0.4 is 0 Å². The number of ether oxygens (including phenoxy) is 2. The van der Waals surface area contributed by atoms with Gasteiger partial charge in [0.05, 0.1) is 32.3 Å². The fourth-order valence-electron chi connectivity index (χ4n) is 2.59. The molecule has 1 heterocycles. The third-order valence-corrected chi connectivity index (χ3v) is 3.88. The van der Waals surface area contributed by atoms with Crippen LogP contribution >= 0.6 is 0 Å². The normalized spacial score (nSPS) is 18.1. The molecule has 116 valence electrons. The molecule has 1 aliphatic rings. The van der Waals surface area contributed by atoms with Crippen molar-refractivity contribution < 1.29 is 19.5 Å². The Kier molecular flexibility index (Phi) is 5.33. The highest BCUT2D eigenvalue weighted by Crippen LogP contribution is 2.35. The predicted molar refractivity (Wildman–Crippen MR) is 77.7 cm³/mol. The lowest BCUT2D eigenvalue weighted by Gasteiger charge is -2.46. The molecule has 5 heteroatoms. The number of esters is 1. The van der Waals surface area contributed by atoms with E-state index in [0.717, 1.165) is 5.56 Å². The first-order valence-corrected chi connectivity index (χ1v) is 7.28. The fraction of sp³-hybridized carbons (Fsp3) is 0.562. The summed E-state index contributed by atoms with van der Waals surface area (Å²) >= 11 is 0. The Balaban J connectivity index is 2.05. The molecular formula is C16H23NO4. The maximum atomic E-state index is 11.8. The van der Waals surface area contributed by atoms with Crippen LogP contribution in [0, 0.1) is 5.41 Å². The number of hydrogen-bond donors (Lipinski definition) is 1. The predicted octanol–water partition coefficient (Wildman–Crippen LogP) is 2.24. The van der Waals surface area contributed by atoms with Gasteiger partial charge in [-0.15, -0.1) is 0 Å². The molecule has 2 rings (SSSR count). The van der Waals surface area contributed by atoms with Gasteiger partial charge in [0.1, 0.15) is 0 Å². The summed E-state index contributed by atoms with van der Waals surface area (Å²) in [6.07, 6.45) is 0.164. The molecule has 1 fully saturated rings. The van der Waals surface area contributed by atoms with Crippen molar-refractivity contribution in [2.45, 2.75) is 32.9 Å². The third-order valence-electron chi connectivity index (χ3n) is 3.88. The maximum Gasteiger partial charge on any atom is 0.307 e. The molecule has 1 saturated heterocycles. The van der Waals surface area contributed by atoms with Crippen LogP contribution in [0.25, 0.3) is 0 Å². The van der Waals surface area contributed by atoms with Gasteiger partial charge in [-0.05, 0) is 12.5 Å². The quantitative estimate of drug-likeness (QED) is 0.617. The Morgan fingerprint density at radius 3 is 2.62 bits per heavy atom. The second kappa shape index (κ2) is 7.02. The minimum atomic E-state index is -0.314. The SMILES string of the molecule is CCOC(=O)CC(N(O)Cc1ccccc1)C1(C)COC1. The zero-order valence-corrected chi connectivity index (χ0v) is 12.6. The summed E-state index contributed by atoms with van der Waals surface area (Å²) in [5.74, 6) is -0.289. The average Bonchev–Trinajstić information content (AvgIpc) is 2.43. The van der Waals surface area contributed by atoms with Crippen molar-refractivity contribution in [2.75, 3.05) is 19.8 Å². The zero-order chi connectivity index (χ0) is 15.3. The third kappa shape index (κ3) is 4.03. The van der Waals surface area contributed by atoms with Crippen molar-refractivity contribution in [1.82, 2.24) is 5.06 Å². The van der Waals surface area contributed by atoms with E-state index in [4.69, 9.17) is 9.47 Å². The van der Waals surface area contributed by atoms with Crippen molar-refractivity contribution in [2.24, 2.45) is 5.41 Å². The molecule has 1 aliphatic heterocycles. The second-order valence-corrected chi connectivity index (χ2v) is 5.75. The Hall–Kier alpha value is -1.43. The van der Waals surface area contributed by atoms with Gasteiger partial charge in [0, 0.05) is 12.0 Å². The Bertz CT molecular complexity index is 459. The summed E-state index contributed by atoms with van der Waals surface area (Å²) in [7, 11) is 0. The van der Waals surface area contributed by atoms with E-state index in [1.807, 2.05) is 37.3 Å². The van der Waals surface area contributed by atoms with E-state index in [9.17, 15) is 10.0 Å². The number of benzene rings is 1. The number of hydroxylamine groups is 2. The highest BCUT2D eigenvalue weighted by Gasteiger charge is 2.45.